The number of ether oxygens (including phenoxy) is 1. The summed E-state index contributed by atoms with van der Waals surface area (Å²) < 4.78 is 5.83. The van der Waals surface area contributed by atoms with Crippen LogP contribution in [0.1, 0.15) is 38.7 Å². The van der Waals surface area contributed by atoms with Crippen molar-refractivity contribution < 1.29 is 9.53 Å². The first-order valence-corrected chi connectivity index (χ1v) is 8.30. The molecule has 2 atom stereocenters. The van der Waals surface area contributed by atoms with Crippen LogP contribution in [0.5, 0.6) is 5.75 Å². The van der Waals surface area contributed by atoms with E-state index in [9.17, 15) is 4.79 Å². The first kappa shape index (κ1) is 16.8. The van der Waals surface area contributed by atoms with E-state index in [4.69, 9.17) is 10.5 Å². The Hall–Kier alpha value is -1.55. The second-order valence-corrected chi connectivity index (χ2v) is 6.56. The highest BCUT2D eigenvalue weighted by atomic mass is 16.5. The third-order valence-electron chi connectivity index (χ3n) is 4.30. The highest BCUT2D eigenvalue weighted by molar-refractivity contribution is 5.79. The lowest BCUT2D eigenvalue weighted by atomic mass is 9.95. The van der Waals surface area contributed by atoms with E-state index in [-0.39, 0.29) is 11.8 Å². The zero-order valence-electron chi connectivity index (χ0n) is 13.7. The molecule has 1 amide bonds. The number of rotatable bonds is 7. The molecule has 2 rings (SSSR count). The number of carbonyl (C=O) groups excluding carboxylic acids is 1. The quantitative estimate of drug-likeness (QED) is 0.814. The molecular weight excluding hydrogens is 276 g/mol. The van der Waals surface area contributed by atoms with E-state index < -0.39 is 0 Å². The largest absolute Gasteiger partial charge is 0.493 e. The van der Waals surface area contributed by atoms with Crippen molar-refractivity contribution in [2.75, 3.05) is 13.2 Å². The monoisotopic (exact) mass is 304 g/mol. The second kappa shape index (κ2) is 8.18. The molecule has 0 aromatic heterocycles. The molecule has 4 nitrogen and oxygen atoms in total. The normalized spacial score (nSPS) is 21.1. The van der Waals surface area contributed by atoms with Crippen LogP contribution in [0.4, 0.5) is 0 Å². The van der Waals surface area contributed by atoms with Crippen molar-refractivity contribution in [2.24, 2.45) is 23.5 Å². The Balaban J connectivity index is 1.92. The van der Waals surface area contributed by atoms with Crippen LogP contribution >= 0.6 is 0 Å². The van der Waals surface area contributed by atoms with E-state index >= 15 is 0 Å². The average molecular weight is 304 g/mol. The van der Waals surface area contributed by atoms with E-state index in [1.54, 1.807) is 0 Å². The summed E-state index contributed by atoms with van der Waals surface area (Å²) in [5.74, 6) is 1.89. The number of carbonyl (C=O) groups is 1. The minimum atomic E-state index is 0.0775. The van der Waals surface area contributed by atoms with Gasteiger partial charge in [0.15, 0.2) is 0 Å². The van der Waals surface area contributed by atoms with Crippen LogP contribution < -0.4 is 15.8 Å². The zero-order valence-corrected chi connectivity index (χ0v) is 13.7. The van der Waals surface area contributed by atoms with Gasteiger partial charge in [-0.3, -0.25) is 4.79 Å². The third kappa shape index (κ3) is 4.47. The molecule has 0 spiro atoms. The van der Waals surface area contributed by atoms with Gasteiger partial charge < -0.3 is 15.8 Å². The molecular formula is C18H28N2O2. The summed E-state index contributed by atoms with van der Waals surface area (Å²) >= 11 is 0. The first-order valence-electron chi connectivity index (χ1n) is 8.30. The number of hydrogen-bond donors (Lipinski definition) is 2. The van der Waals surface area contributed by atoms with Gasteiger partial charge in [-0.1, -0.05) is 38.5 Å². The summed E-state index contributed by atoms with van der Waals surface area (Å²) in [6.45, 7) is 6.05. The highest BCUT2D eigenvalue weighted by Gasteiger charge is 2.31. The maximum atomic E-state index is 12.4. The highest BCUT2D eigenvalue weighted by Crippen LogP contribution is 2.31. The van der Waals surface area contributed by atoms with Crippen molar-refractivity contribution in [3.63, 3.8) is 0 Å². The third-order valence-corrected chi connectivity index (χ3v) is 4.30. The van der Waals surface area contributed by atoms with Gasteiger partial charge in [-0.25, -0.2) is 0 Å². The van der Waals surface area contributed by atoms with Crippen molar-refractivity contribution in [3.8, 4) is 5.75 Å². The molecule has 4 heteroatoms. The molecule has 122 valence electrons. The molecule has 0 aliphatic heterocycles. The predicted molar refractivity (Wildman–Crippen MR) is 88.5 cm³/mol. The number of benzene rings is 1. The number of hydrogen-bond acceptors (Lipinski definition) is 3. The van der Waals surface area contributed by atoms with Gasteiger partial charge in [0.25, 0.3) is 0 Å². The molecule has 1 aromatic rings. The van der Waals surface area contributed by atoms with Crippen LogP contribution in [-0.2, 0) is 11.3 Å². The van der Waals surface area contributed by atoms with Gasteiger partial charge in [0, 0.05) is 18.0 Å². The summed E-state index contributed by atoms with van der Waals surface area (Å²) in [5.41, 5.74) is 6.79. The van der Waals surface area contributed by atoms with E-state index in [0.29, 0.717) is 31.5 Å². The maximum absolute atomic E-state index is 12.4. The van der Waals surface area contributed by atoms with Crippen molar-refractivity contribution in [1.82, 2.24) is 5.32 Å². The maximum Gasteiger partial charge on any atom is 0.223 e. The minimum absolute atomic E-state index is 0.0775. The number of amides is 1. The van der Waals surface area contributed by atoms with E-state index in [1.165, 1.54) is 0 Å². The Morgan fingerprint density at radius 3 is 2.86 bits per heavy atom. The molecule has 0 radical (unpaired) electrons. The topological polar surface area (TPSA) is 64.3 Å². The molecule has 0 unspecified atom stereocenters. The SMILES string of the molecule is CC(C)COc1ccccc1CNC(=O)[C@@H]1CCC[C@@H]1CN. The lowest BCUT2D eigenvalue weighted by molar-refractivity contribution is -0.126. The molecule has 1 aliphatic rings. The van der Waals surface area contributed by atoms with Gasteiger partial charge in [0.05, 0.1) is 6.61 Å². The van der Waals surface area contributed by atoms with E-state index in [1.807, 2.05) is 24.3 Å². The number of nitrogens with two attached hydrogens (primary N) is 1. The fraction of sp³-hybridized carbons (Fsp3) is 0.611. The Morgan fingerprint density at radius 2 is 2.14 bits per heavy atom. The van der Waals surface area contributed by atoms with Crippen LogP contribution in [0.3, 0.4) is 0 Å². The van der Waals surface area contributed by atoms with E-state index in [2.05, 4.69) is 19.2 Å². The predicted octanol–water partition coefficient (Wildman–Crippen LogP) is 2.71. The zero-order chi connectivity index (χ0) is 15.9. The molecule has 1 aliphatic carbocycles. The fourth-order valence-corrected chi connectivity index (χ4v) is 3.02. The Kier molecular flexibility index (Phi) is 6.25. The smallest absolute Gasteiger partial charge is 0.223 e. The summed E-state index contributed by atoms with van der Waals surface area (Å²) in [4.78, 5) is 12.4. The average Bonchev–Trinajstić information content (AvgIpc) is 3.00. The molecule has 3 N–H and O–H groups in total. The first-order chi connectivity index (χ1) is 10.6. The summed E-state index contributed by atoms with van der Waals surface area (Å²) in [6.07, 6.45) is 3.13. The standard InChI is InChI=1S/C18H28N2O2/c1-13(2)12-22-17-9-4-3-6-15(17)11-20-18(21)16-8-5-7-14(16)10-19/h3-4,6,9,13-14,16H,5,7-8,10-12,19H2,1-2H3,(H,20,21)/t14-,16-/m1/s1. The molecule has 1 fully saturated rings. The summed E-state index contributed by atoms with van der Waals surface area (Å²) in [5, 5.41) is 3.06. The fourth-order valence-electron chi connectivity index (χ4n) is 3.02. The van der Waals surface area contributed by atoms with Gasteiger partial charge in [0.1, 0.15) is 5.75 Å². The van der Waals surface area contributed by atoms with Gasteiger partial charge >= 0.3 is 0 Å². The molecule has 22 heavy (non-hydrogen) atoms. The van der Waals surface area contributed by atoms with Crippen LogP contribution in [0.15, 0.2) is 24.3 Å². The van der Waals surface area contributed by atoms with Gasteiger partial charge in [-0.05, 0) is 37.3 Å². The lowest BCUT2D eigenvalue weighted by Crippen LogP contribution is -2.34. The van der Waals surface area contributed by atoms with E-state index in [0.717, 1.165) is 30.6 Å². The Morgan fingerprint density at radius 1 is 1.36 bits per heavy atom. The van der Waals surface area contributed by atoms with Crippen molar-refractivity contribution in [1.29, 1.82) is 0 Å². The van der Waals surface area contributed by atoms with Crippen LogP contribution in [-0.4, -0.2) is 19.1 Å². The molecule has 1 aromatic carbocycles. The molecule has 0 saturated heterocycles. The van der Waals surface area contributed by atoms with Crippen molar-refractivity contribution in [2.45, 2.75) is 39.7 Å². The summed E-state index contributed by atoms with van der Waals surface area (Å²) in [6, 6.07) is 7.90. The van der Waals surface area contributed by atoms with Crippen LogP contribution in [0, 0.1) is 17.8 Å². The van der Waals surface area contributed by atoms with Gasteiger partial charge in [-0.2, -0.15) is 0 Å². The van der Waals surface area contributed by atoms with Gasteiger partial charge in [0.2, 0.25) is 5.91 Å². The Bertz CT molecular complexity index is 488. The summed E-state index contributed by atoms with van der Waals surface area (Å²) in [7, 11) is 0. The lowest BCUT2D eigenvalue weighted by Gasteiger charge is -2.18. The minimum Gasteiger partial charge on any atom is -0.493 e. The van der Waals surface area contributed by atoms with Crippen LogP contribution in [0.25, 0.3) is 0 Å². The van der Waals surface area contributed by atoms with Crippen molar-refractivity contribution in [3.05, 3.63) is 29.8 Å². The molecule has 0 heterocycles. The van der Waals surface area contributed by atoms with Crippen LogP contribution in [0.2, 0.25) is 0 Å². The number of para-hydroxylation sites is 1. The Labute approximate surface area is 133 Å². The van der Waals surface area contributed by atoms with Gasteiger partial charge in [-0.15, -0.1) is 0 Å². The molecule has 1 saturated carbocycles. The molecule has 0 bridgehead atoms. The second-order valence-electron chi connectivity index (χ2n) is 6.56. The van der Waals surface area contributed by atoms with Crippen molar-refractivity contribution >= 4 is 5.91 Å². The number of nitrogens with one attached hydrogen (secondary N) is 1.